The topological polar surface area (TPSA) is 50.3 Å². The molecule has 0 atom stereocenters. The quantitative estimate of drug-likeness (QED) is 0.779. The molecule has 19 heavy (non-hydrogen) atoms. The lowest BCUT2D eigenvalue weighted by Crippen LogP contribution is -2.30. The molecular weight excluding hydrogens is 240 g/mol. The molecule has 0 unspecified atom stereocenters. The van der Waals surface area contributed by atoms with E-state index in [1.807, 2.05) is 0 Å². The smallest absolute Gasteiger partial charge is 0.134 e. The Kier molecular flexibility index (Phi) is 4.96. The molecule has 1 aliphatic rings. The zero-order chi connectivity index (χ0) is 13.7. The van der Waals surface area contributed by atoms with E-state index >= 15 is 0 Å². The lowest BCUT2D eigenvalue weighted by Gasteiger charge is -2.24. The fourth-order valence-corrected chi connectivity index (χ4v) is 2.12. The fraction of sp³-hybridized carbons (Fsp3) is 0.714. The van der Waals surface area contributed by atoms with Crippen molar-refractivity contribution in [1.29, 1.82) is 0 Å². The molecule has 0 amide bonds. The molecule has 1 N–H and O–H groups in total. The summed E-state index contributed by atoms with van der Waals surface area (Å²) >= 11 is 0. The van der Waals surface area contributed by atoms with Gasteiger partial charge in [0.05, 0.1) is 6.61 Å². The van der Waals surface area contributed by atoms with E-state index in [-0.39, 0.29) is 0 Å². The van der Waals surface area contributed by atoms with Crippen LogP contribution in [-0.4, -0.2) is 42.8 Å². The second-order valence-electron chi connectivity index (χ2n) is 4.83. The van der Waals surface area contributed by atoms with Crippen LogP contribution in [-0.2, 0) is 11.2 Å². The van der Waals surface area contributed by atoms with Gasteiger partial charge in [0.25, 0.3) is 0 Å². The van der Waals surface area contributed by atoms with E-state index in [9.17, 15) is 0 Å². The van der Waals surface area contributed by atoms with Gasteiger partial charge in [-0.15, -0.1) is 0 Å². The minimum Gasteiger partial charge on any atom is -0.383 e. The van der Waals surface area contributed by atoms with E-state index in [0.29, 0.717) is 6.04 Å². The van der Waals surface area contributed by atoms with Crippen molar-refractivity contribution in [1.82, 2.24) is 9.97 Å². The Hall–Kier alpha value is -1.36. The van der Waals surface area contributed by atoms with E-state index in [4.69, 9.17) is 4.74 Å². The number of rotatable bonds is 8. The standard InChI is InChI=1S/C14H24N4O/c1-4-12-16-13(15-5-2)10-14(17-12)18(8-9-19-3)11-6-7-11/h10-11H,4-9H2,1-3H3,(H,15,16,17). The first kappa shape index (κ1) is 14.1. The summed E-state index contributed by atoms with van der Waals surface area (Å²) in [6, 6.07) is 2.68. The van der Waals surface area contributed by atoms with Gasteiger partial charge in [-0.2, -0.15) is 0 Å². The molecule has 1 saturated carbocycles. The molecule has 1 aromatic heterocycles. The summed E-state index contributed by atoms with van der Waals surface area (Å²) in [5.74, 6) is 2.85. The maximum atomic E-state index is 5.21. The van der Waals surface area contributed by atoms with Gasteiger partial charge in [-0.25, -0.2) is 9.97 Å². The van der Waals surface area contributed by atoms with Crippen molar-refractivity contribution in [3.8, 4) is 0 Å². The summed E-state index contributed by atoms with van der Waals surface area (Å²) in [5.41, 5.74) is 0. The Bertz CT molecular complexity index is 406. The molecule has 0 aromatic carbocycles. The zero-order valence-electron chi connectivity index (χ0n) is 12.1. The van der Waals surface area contributed by atoms with Gasteiger partial charge in [0, 0.05) is 38.7 Å². The van der Waals surface area contributed by atoms with Crippen molar-refractivity contribution in [3.63, 3.8) is 0 Å². The lowest BCUT2D eigenvalue weighted by atomic mass is 10.3. The third-order valence-electron chi connectivity index (χ3n) is 3.25. The van der Waals surface area contributed by atoms with Gasteiger partial charge in [-0.3, -0.25) is 0 Å². The summed E-state index contributed by atoms with van der Waals surface area (Å²) in [4.78, 5) is 11.5. The van der Waals surface area contributed by atoms with Crippen molar-refractivity contribution in [2.24, 2.45) is 0 Å². The lowest BCUT2D eigenvalue weighted by molar-refractivity contribution is 0.204. The number of hydrogen-bond donors (Lipinski definition) is 1. The van der Waals surface area contributed by atoms with Gasteiger partial charge in [-0.05, 0) is 19.8 Å². The SMILES string of the molecule is CCNc1cc(N(CCOC)C2CC2)nc(CC)n1. The van der Waals surface area contributed by atoms with Crippen LogP contribution in [0.5, 0.6) is 0 Å². The molecule has 0 spiro atoms. The fourth-order valence-electron chi connectivity index (χ4n) is 2.12. The van der Waals surface area contributed by atoms with Crippen LogP contribution in [0.1, 0.15) is 32.5 Å². The number of ether oxygens (including phenoxy) is 1. The second-order valence-corrected chi connectivity index (χ2v) is 4.83. The predicted molar refractivity (Wildman–Crippen MR) is 77.8 cm³/mol. The number of aryl methyl sites for hydroxylation is 1. The molecule has 106 valence electrons. The molecular formula is C14H24N4O. The third kappa shape index (κ3) is 3.80. The maximum absolute atomic E-state index is 5.21. The van der Waals surface area contributed by atoms with Crippen LogP contribution < -0.4 is 10.2 Å². The van der Waals surface area contributed by atoms with Gasteiger partial charge < -0.3 is 15.0 Å². The minimum atomic E-state index is 0.629. The normalized spacial score (nSPS) is 14.5. The minimum absolute atomic E-state index is 0.629. The number of nitrogens with zero attached hydrogens (tertiary/aromatic N) is 3. The van der Waals surface area contributed by atoms with Crippen molar-refractivity contribution >= 4 is 11.6 Å². The van der Waals surface area contributed by atoms with E-state index in [2.05, 4.69) is 40.1 Å². The molecule has 0 aliphatic heterocycles. The summed E-state index contributed by atoms with van der Waals surface area (Å²) in [5, 5.41) is 3.28. The zero-order valence-corrected chi connectivity index (χ0v) is 12.1. The number of anilines is 2. The summed E-state index contributed by atoms with van der Waals surface area (Å²) in [6.07, 6.45) is 3.37. The molecule has 5 heteroatoms. The Morgan fingerprint density at radius 2 is 2.16 bits per heavy atom. The molecule has 1 aromatic rings. The van der Waals surface area contributed by atoms with Crippen molar-refractivity contribution in [2.75, 3.05) is 37.0 Å². The van der Waals surface area contributed by atoms with Crippen molar-refractivity contribution < 1.29 is 4.74 Å². The Balaban J connectivity index is 2.21. The van der Waals surface area contributed by atoms with Crippen LogP contribution in [0.4, 0.5) is 11.6 Å². The van der Waals surface area contributed by atoms with Crippen LogP contribution in [0, 0.1) is 0 Å². The van der Waals surface area contributed by atoms with Gasteiger partial charge >= 0.3 is 0 Å². The summed E-state index contributed by atoms with van der Waals surface area (Å²) in [7, 11) is 1.74. The molecule has 0 saturated heterocycles. The van der Waals surface area contributed by atoms with Crippen molar-refractivity contribution in [2.45, 2.75) is 39.2 Å². The average Bonchev–Trinajstić information content (AvgIpc) is 3.24. The first-order chi connectivity index (χ1) is 9.28. The first-order valence-corrected chi connectivity index (χ1v) is 7.15. The van der Waals surface area contributed by atoms with E-state index < -0.39 is 0 Å². The molecule has 1 heterocycles. The monoisotopic (exact) mass is 264 g/mol. The number of methoxy groups -OCH3 is 1. The Labute approximate surface area is 115 Å². The van der Waals surface area contributed by atoms with Gasteiger partial charge in [0.2, 0.25) is 0 Å². The highest BCUT2D eigenvalue weighted by Crippen LogP contribution is 2.31. The molecule has 5 nitrogen and oxygen atoms in total. The highest BCUT2D eigenvalue weighted by Gasteiger charge is 2.30. The average molecular weight is 264 g/mol. The third-order valence-corrected chi connectivity index (χ3v) is 3.25. The van der Waals surface area contributed by atoms with Crippen molar-refractivity contribution in [3.05, 3.63) is 11.9 Å². The maximum Gasteiger partial charge on any atom is 0.134 e. The van der Waals surface area contributed by atoms with E-state index in [1.54, 1.807) is 7.11 Å². The summed E-state index contributed by atoms with van der Waals surface area (Å²) in [6.45, 7) is 6.68. The van der Waals surface area contributed by atoms with Gasteiger partial charge in [0.15, 0.2) is 0 Å². The van der Waals surface area contributed by atoms with Crippen LogP contribution in [0.15, 0.2) is 6.07 Å². The predicted octanol–water partition coefficient (Wildman–Crippen LogP) is 2.09. The molecule has 1 aliphatic carbocycles. The number of nitrogens with one attached hydrogen (secondary N) is 1. The highest BCUT2D eigenvalue weighted by atomic mass is 16.5. The van der Waals surface area contributed by atoms with Gasteiger partial charge in [0.1, 0.15) is 17.5 Å². The molecule has 0 radical (unpaired) electrons. The largest absolute Gasteiger partial charge is 0.383 e. The first-order valence-electron chi connectivity index (χ1n) is 7.15. The summed E-state index contributed by atoms with van der Waals surface area (Å²) < 4.78 is 5.21. The second kappa shape index (κ2) is 6.70. The Morgan fingerprint density at radius 1 is 1.37 bits per heavy atom. The number of hydrogen-bond acceptors (Lipinski definition) is 5. The highest BCUT2D eigenvalue weighted by molar-refractivity contribution is 5.51. The van der Waals surface area contributed by atoms with Crippen LogP contribution in [0.2, 0.25) is 0 Å². The van der Waals surface area contributed by atoms with E-state index in [1.165, 1.54) is 12.8 Å². The number of aromatic nitrogens is 2. The van der Waals surface area contributed by atoms with Crippen LogP contribution in [0.25, 0.3) is 0 Å². The molecule has 0 bridgehead atoms. The molecule has 2 rings (SSSR count). The van der Waals surface area contributed by atoms with Crippen LogP contribution >= 0.6 is 0 Å². The molecule has 1 fully saturated rings. The van der Waals surface area contributed by atoms with Gasteiger partial charge in [-0.1, -0.05) is 6.92 Å². The Morgan fingerprint density at radius 3 is 2.74 bits per heavy atom. The van der Waals surface area contributed by atoms with E-state index in [0.717, 1.165) is 43.6 Å². The van der Waals surface area contributed by atoms with Crippen LogP contribution in [0.3, 0.4) is 0 Å².